The van der Waals surface area contributed by atoms with Gasteiger partial charge in [-0.2, -0.15) is 5.10 Å². The number of aryl methyl sites for hydroxylation is 1. The van der Waals surface area contributed by atoms with E-state index in [1.165, 1.54) is 5.56 Å². The predicted octanol–water partition coefficient (Wildman–Crippen LogP) is 2.52. The Balaban J connectivity index is 1.42. The largest absolute Gasteiger partial charge is 0.368 e. The summed E-state index contributed by atoms with van der Waals surface area (Å²) in [6.45, 7) is 4.96. The van der Waals surface area contributed by atoms with Gasteiger partial charge in [-0.05, 0) is 38.2 Å². The van der Waals surface area contributed by atoms with Crippen LogP contribution >= 0.6 is 0 Å². The van der Waals surface area contributed by atoms with Gasteiger partial charge in [0.05, 0.1) is 6.54 Å². The Hall–Kier alpha value is -2.21. The normalized spacial score (nSPS) is 21.3. The number of hydrogen-bond donors (Lipinski definition) is 0. The maximum atomic E-state index is 12.5. The minimum Gasteiger partial charge on any atom is -0.368 e. The lowest BCUT2D eigenvalue weighted by molar-refractivity contribution is -0.142. The van der Waals surface area contributed by atoms with Crippen molar-refractivity contribution in [2.24, 2.45) is 0 Å². The fourth-order valence-corrected chi connectivity index (χ4v) is 3.98. The van der Waals surface area contributed by atoms with E-state index in [0.717, 1.165) is 63.6 Å². The second kappa shape index (κ2) is 7.58. The molecule has 0 N–H and O–H groups in total. The molecule has 6 heteroatoms. The van der Waals surface area contributed by atoms with Gasteiger partial charge in [0.2, 0.25) is 0 Å². The van der Waals surface area contributed by atoms with Crippen LogP contribution in [-0.2, 0) is 16.1 Å². The van der Waals surface area contributed by atoms with Crippen LogP contribution in [0.25, 0.3) is 0 Å². The van der Waals surface area contributed by atoms with Crippen molar-refractivity contribution < 1.29 is 9.53 Å². The molecule has 6 nitrogen and oxygen atoms in total. The first-order valence-corrected chi connectivity index (χ1v) is 9.56. The number of aromatic nitrogens is 3. The molecule has 0 aliphatic carbocycles. The number of hydrogen-bond acceptors (Lipinski definition) is 4. The van der Waals surface area contributed by atoms with Crippen LogP contribution < -0.4 is 0 Å². The van der Waals surface area contributed by atoms with Gasteiger partial charge < -0.3 is 9.64 Å². The summed E-state index contributed by atoms with van der Waals surface area (Å²) in [7, 11) is 0. The number of carbonyl (C=O) groups excluding carboxylic acids is 1. The Labute approximate surface area is 154 Å². The molecular weight excluding hydrogens is 328 g/mol. The van der Waals surface area contributed by atoms with Crippen molar-refractivity contribution in [1.82, 2.24) is 19.7 Å². The first-order chi connectivity index (χ1) is 12.7. The van der Waals surface area contributed by atoms with Crippen LogP contribution in [0.2, 0.25) is 0 Å². The third-order valence-corrected chi connectivity index (χ3v) is 5.36. The maximum absolute atomic E-state index is 12.5. The van der Waals surface area contributed by atoms with E-state index in [4.69, 9.17) is 9.72 Å². The number of piperidine rings is 1. The highest BCUT2D eigenvalue weighted by molar-refractivity contribution is 5.81. The van der Waals surface area contributed by atoms with Gasteiger partial charge in [-0.3, -0.25) is 4.79 Å². The van der Waals surface area contributed by atoms with Crippen LogP contribution in [0.3, 0.4) is 0 Å². The van der Waals surface area contributed by atoms with Gasteiger partial charge >= 0.3 is 0 Å². The Morgan fingerprint density at radius 1 is 1.19 bits per heavy atom. The average Bonchev–Trinajstić information content (AvgIpc) is 3.32. The summed E-state index contributed by atoms with van der Waals surface area (Å²) in [5.41, 5.74) is 1.23. The highest BCUT2D eigenvalue weighted by Gasteiger charge is 2.32. The Bertz CT molecular complexity index is 744. The van der Waals surface area contributed by atoms with Crippen LogP contribution in [-0.4, -0.2) is 51.4 Å². The molecule has 1 atom stereocenters. The number of rotatable bonds is 4. The fourth-order valence-electron chi connectivity index (χ4n) is 3.98. The summed E-state index contributed by atoms with van der Waals surface area (Å²) in [6, 6.07) is 10.4. The second-order valence-corrected chi connectivity index (χ2v) is 7.26. The van der Waals surface area contributed by atoms with E-state index in [2.05, 4.69) is 17.2 Å². The van der Waals surface area contributed by atoms with Crippen molar-refractivity contribution in [2.75, 3.05) is 19.7 Å². The highest BCUT2D eigenvalue weighted by Crippen LogP contribution is 2.28. The lowest BCUT2D eigenvalue weighted by atomic mass is 9.95. The zero-order valence-electron chi connectivity index (χ0n) is 15.3. The number of likely N-dealkylation sites (tertiary alicyclic amines) is 1. The molecule has 138 valence electrons. The van der Waals surface area contributed by atoms with Gasteiger partial charge in [0, 0.05) is 25.6 Å². The van der Waals surface area contributed by atoms with Gasteiger partial charge in [0.15, 0.2) is 0 Å². The number of amides is 1. The summed E-state index contributed by atoms with van der Waals surface area (Å²) < 4.78 is 7.59. The van der Waals surface area contributed by atoms with Crippen molar-refractivity contribution >= 4 is 5.91 Å². The molecule has 0 unspecified atom stereocenters. The number of carbonyl (C=O) groups is 1. The molecule has 2 saturated heterocycles. The highest BCUT2D eigenvalue weighted by atomic mass is 16.5. The van der Waals surface area contributed by atoms with Crippen molar-refractivity contribution in [3.05, 3.63) is 47.5 Å². The molecule has 0 saturated carbocycles. The molecule has 0 spiro atoms. The molecule has 1 aromatic carbocycles. The van der Waals surface area contributed by atoms with Crippen LogP contribution in [0.5, 0.6) is 0 Å². The van der Waals surface area contributed by atoms with Gasteiger partial charge in [-0.15, -0.1) is 0 Å². The molecule has 2 fully saturated rings. The molecule has 2 aliphatic heterocycles. The second-order valence-electron chi connectivity index (χ2n) is 7.26. The lowest BCUT2D eigenvalue weighted by Gasteiger charge is -2.33. The summed E-state index contributed by atoms with van der Waals surface area (Å²) in [5, 5.41) is 4.60. The van der Waals surface area contributed by atoms with E-state index >= 15 is 0 Å². The number of nitrogens with zero attached hydrogens (tertiary/aromatic N) is 4. The van der Waals surface area contributed by atoms with Crippen molar-refractivity contribution in [3.63, 3.8) is 0 Å². The van der Waals surface area contributed by atoms with E-state index in [9.17, 15) is 4.79 Å². The van der Waals surface area contributed by atoms with Gasteiger partial charge in [-0.25, -0.2) is 9.67 Å². The molecule has 0 bridgehead atoms. The molecular formula is C20H26N4O2. The SMILES string of the molecule is Cc1nc(C2CCN(C(=O)[C@@H]3CCCO3)CC2)n(Cc2ccccc2)n1. The quantitative estimate of drug-likeness (QED) is 0.846. The predicted molar refractivity (Wildman–Crippen MR) is 97.8 cm³/mol. The number of ether oxygens (including phenoxy) is 1. The van der Waals surface area contributed by atoms with Gasteiger partial charge in [-0.1, -0.05) is 30.3 Å². The molecule has 26 heavy (non-hydrogen) atoms. The van der Waals surface area contributed by atoms with Crippen LogP contribution in [0.1, 0.15) is 48.8 Å². The van der Waals surface area contributed by atoms with Crippen LogP contribution in [0, 0.1) is 6.92 Å². The lowest BCUT2D eigenvalue weighted by Crippen LogP contribution is -2.43. The molecule has 4 rings (SSSR count). The summed E-state index contributed by atoms with van der Waals surface area (Å²) in [5.74, 6) is 2.39. The van der Waals surface area contributed by atoms with E-state index < -0.39 is 0 Å². The summed E-state index contributed by atoms with van der Waals surface area (Å²) in [4.78, 5) is 19.2. The minimum absolute atomic E-state index is 0.169. The van der Waals surface area contributed by atoms with Crippen LogP contribution in [0.4, 0.5) is 0 Å². The Kier molecular flexibility index (Phi) is 5.02. The van der Waals surface area contributed by atoms with Crippen molar-refractivity contribution in [1.29, 1.82) is 0 Å². The first kappa shape index (κ1) is 17.2. The topological polar surface area (TPSA) is 60.3 Å². The van der Waals surface area contributed by atoms with Gasteiger partial charge in [0.25, 0.3) is 5.91 Å². The third kappa shape index (κ3) is 3.65. The standard InChI is InChI=1S/C20H26N4O2/c1-15-21-19(24(22-15)14-16-6-3-2-4-7-16)17-9-11-23(12-10-17)20(25)18-8-5-13-26-18/h2-4,6-7,17-18H,5,8-14H2,1H3/t18-/m0/s1. The molecule has 1 aromatic heterocycles. The zero-order valence-corrected chi connectivity index (χ0v) is 15.3. The first-order valence-electron chi connectivity index (χ1n) is 9.56. The molecule has 1 amide bonds. The fraction of sp³-hybridized carbons (Fsp3) is 0.550. The summed E-state index contributed by atoms with van der Waals surface area (Å²) in [6.07, 6.45) is 3.52. The van der Waals surface area contributed by atoms with Crippen LogP contribution in [0.15, 0.2) is 30.3 Å². The molecule has 0 radical (unpaired) electrons. The monoisotopic (exact) mass is 354 g/mol. The molecule has 3 heterocycles. The smallest absolute Gasteiger partial charge is 0.251 e. The van der Waals surface area contributed by atoms with Crippen molar-refractivity contribution in [2.45, 2.75) is 51.2 Å². The van der Waals surface area contributed by atoms with Crippen molar-refractivity contribution in [3.8, 4) is 0 Å². The minimum atomic E-state index is -0.212. The van der Waals surface area contributed by atoms with Gasteiger partial charge in [0.1, 0.15) is 17.8 Å². The third-order valence-electron chi connectivity index (χ3n) is 5.36. The Morgan fingerprint density at radius 3 is 2.65 bits per heavy atom. The van der Waals surface area contributed by atoms with E-state index in [1.54, 1.807) is 0 Å². The molecule has 2 aromatic rings. The Morgan fingerprint density at radius 2 is 1.96 bits per heavy atom. The summed E-state index contributed by atoms with van der Waals surface area (Å²) >= 11 is 0. The number of benzene rings is 1. The zero-order chi connectivity index (χ0) is 17.9. The molecule has 2 aliphatic rings. The van der Waals surface area contributed by atoms with E-state index in [-0.39, 0.29) is 12.0 Å². The van der Waals surface area contributed by atoms with E-state index in [1.807, 2.05) is 34.7 Å². The average molecular weight is 354 g/mol. The van der Waals surface area contributed by atoms with E-state index in [0.29, 0.717) is 5.92 Å². The maximum Gasteiger partial charge on any atom is 0.251 e.